The van der Waals surface area contributed by atoms with Crippen LogP contribution in [0.4, 0.5) is 5.69 Å². The summed E-state index contributed by atoms with van der Waals surface area (Å²) < 4.78 is 10.8. The Balaban J connectivity index is 1.48. The molecule has 133 valence electrons. The number of pyridine rings is 1. The second-order valence-electron chi connectivity index (χ2n) is 6.67. The van der Waals surface area contributed by atoms with E-state index in [0.717, 1.165) is 48.3 Å². The van der Waals surface area contributed by atoms with E-state index >= 15 is 0 Å². The zero-order valence-electron chi connectivity index (χ0n) is 15.2. The molecule has 0 N–H and O–H groups in total. The van der Waals surface area contributed by atoms with Crippen molar-refractivity contribution in [3.63, 3.8) is 0 Å². The average molecular weight is 347 g/mol. The van der Waals surface area contributed by atoms with Crippen molar-refractivity contribution in [2.75, 3.05) is 32.2 Å². The van der Waals surface area contributed by atoms with Gasteiger partial charge in [-0.2, -0.15) is 0 Å². The van der Waals surface area contributed by atoms with Gasteiger partial charge in [0.25, 0.3) is 0 Å². The van der Waals surface area contributed by atoms with Gasteiger partial charge in [0.15, 0.2) is 11.5 Å². The highest BCUT2D eigenvalue weighted by atomic mass is 16.5. The smallest absolute Gasteiger partial charge is 0.160 e. The lowest BCUT2D eigenvalue weighted by Crippen LogP contribution is -2.32. The van der Waals surface area contributed by atoms with Crippen LogP contribution in [0.15, 0.2) is 48.7 Å². The summed E-state index contributed by atoms with van der Waals surface area (Å²) in [6, 6.07) is 17.9. The minimum absolute atomic E-state index is 0.555. The first-order chi connectivity index (χ1) is 12.8. The Kier molecular flexibility index (Phi) is 4.65. The van der Waals surface area contributed by atoms with Crippen molar-refractivity contribution in [1.29, 1.82) is 0 Å². The third kappa shape index (κ3) is 3.19. The topological polar surface area (TPSA) is 34.6 Å². The van der Waals surface area contributed by atoms with E-state index in [2.05, 4.69) is 46.3 Å². The average Bonchev–Trinajstić information content (AvgIpc) is 2.73. The van der Waals surface area contributed by atoms with Crippen molar-refractivity contribution < 1.29 is 9.47 Å². The maximum absolute atomic E-state index is 5.45. The van der Waals surface area contributed by atoms with Gasteiger partial charge in [-0.1, -0.05) is 6.07 Å². The Morgan fingerprint density at radius 1 is 1.00 bits per heavy atom. The van der Waals surface area contributed by atoms with Crippen LogP contribution >= 0.6 is 0 Å². The molecule has 0 spiro atoms. The third-order valence-corrected chi connectivity index (χ3v) is 5.25. The normalized spacial score (nSPS) is 15.2. The van der Waals surface area contributed by atoms with Crippen LogP contribution < -0.4 is 14.4 Å². The summed E-state index contributed by atoms with van der Waals surface area (Å²) in [6.07, 6.45) is 4.05. The molecule has 1 aliphatic rings. The Morgan fingerprint density at radius 3 is 2.58 bits per heavy atom. The predicted octanol–water partition coefficient (Wildman–Crippen LogP) is 4.44. The van der Waals surface area contributed by atoms with Gasteiger partial charge in [-0.15, -0.1) is 0 Å². The van der Waals surface area contributed by atoms with E-state index in [0.29, 0.717) is 5.92 Å². The Hall–Kier alpha value is -2.75. The molecule has 1 aromatic heterocycles. The Bertz CT molecular complexity index is 902. The van der Waals surface area contributed by atoms with Crippen LogP contribution in [0.2, 0.25) is 0 Å². The quantitative estimate of drug-likeness (QED) is 0.699. The molecule has 2 heterocycles. The van der Waals surface area contributed by atoms with E-state index in [-0.39, 0.29) is 0 Å². The molecule has 2 aromatic carbocycles. The maximum atomic E-state index is 5.45. The highest BCUT2D eigenvalue weighted by Gasteiger charge is 2.22. The zero-order chi connectivity index (χ0) is 17.9. The molecule has 4 heteroatoms. The number of fused-ring (bicyclic) bond motifs is 1. The van der Waals surface area contributed by atoms with Crippen molar-refractivity contribution in [2.24, 2.45) is 0 Å². The summed E-state index contributed by atoms with van der Waals surface area (Å²) >= 11 is 0. The summed E-state index contributed by atoms with van der Waals surface area (Å²) in [5, 5.41) is 1.08. The molecule has 0 unspecified atom stereocenters. The van der Waals surface area contributed by atoms with E-state index in [1.54, 1.807) is 20.4 Å². The molecule has 0 aliphatic carbocycles. The number of nitrogens with zero attached hydrogens (tertiary/aromatic N) is 2. The van der Waals surface area contributed by atoms with Crippen LogP contribution in [0.3, 0.4) is 0 Å². The molecule has 26 heavy (non-hydrogen) atoms. The number of ether oxygens (including phenoxy) is 2. The lowest BCUT2D eigenvalue weighted by Gasteiger charge is -2.34. The lowest BCUT2D eigenvalue weighted by atomic mass is 9.89. The van der Waals surface area contributed by atoms with E-state index in [4.69, 9.17) is 9.47 Å². The summed E-state index contributed by atoms with van der Waals surface area (Å²) in [4.78, 5) is 6.83. The summed E-state index contributed by atoms with van der Waals surface area (Å²) in [5.74, 6) is 2.15. The van der Waals surface area contributed by atoms with Crippen molar-refractivity contribution >= 4 is 16.6 Å². The van der Waals surface area contributed by atoms with Crippen molar-refractivity contribution in [3.05, 3.63) is 60.3 Å². The maximum Gasteiger partial charge on any atom is 0.160 e. The molecule has 0 saturated carbocycles. The van der Waals surface area contributed by atoms with Crippen LogP contribution in [0, 0.1) is 6.07 Å². The Labute approximate surface area is 154 Å². The van der Waals surface area contributed by atoms with Crippen molar-refractivity contribution in [3.8, 4) is 11.5 Å². The Morgan fingerprint density at radius 2 is 1.81 bits per heavy atom. The fraction of sp³-hybridized carbons (Fsp3) is 0.318. The molecule has 1 radical (unpaired) electrons. The molecule has 0 bridgehead atoms. The van der Waals surface area contributed by atoms with Gasteiger partial charge >= 0.3 is 0 Å². The molecular weight excluding hydrogens is 324 g/mol. The van der Waals surface area contributed by atoms with Crippen LogP contribution in [-0.2, 0) is 0 Å². The van der Waals surface area contributed by atoms with Crippen LogP contribution in [0.25, 0.3) is 10.9 Å². The standard InChI is InChI=1S/C22H23N2O2/c1-25-21-8-5-17(15-22(21)26-2)16-9-12-24(13-10-16)19-6-7-20-18(14-19)4-3-11-23-20/h3,5-8,11,14-16H,9-10,12-13H2,1-2H3. The molecule has 0 atom stereocenters. The third-order valence-electron chi connectivity index (χ3n) is 5.25. The molecule has 1 saturated heterocycles. The number of methoxy groups -OCH3 is 2. The van der Waals surface area contributed by atoms with Gasteiger partial charge < -0.3 is 14.4 Å². The van der Waals surface area contributed by atoms with E-state index in [9.17, 15) is 0 Å². The number of piperidine rings is 1. The number of aromatic nitrogens is 1. The minimum Gasteiger partial charge on any atom is -0.493 e. The fourth-order valence-corrected chi connectivity index (χ4v) is 3.77. The number of benzene rings is 2. The van der Waals surface area contributed by atoms with Gasteiger partial charge in [-0.05, 0) is 66.8 Å². The van der Waals surface area contributed by atoms with E-state index in [1.165, 1.54) is 11.3 Å². The monoisotopic (exact) mass is 347 g/mol. The first-order valence-corrected chi connectivity index (χ1v) is 9.02. The summed E-state index contributed by atoms with van der Waals surface area (Å²) in [6.45, 7) is 2.09. The van der Waals surface area contributed by atoms with Crippen molar-refractivity contribution in [2.45, 2.75) is 18.8 Å². The molecule has 4 rings (SSSR count). The van der Waals surface area contributed by atoms with Gasteiger partial charge in [0.2, 0.25) is 0 Å². The number of rotatable bonds is 4. The number of hydrogen-bond acceptors (Lipinski definition) is 4. The second-order valence-corrected chi connectivity index (χ2v) is 6.67. The summed E-state index contributed by atoms with van der Waals surface area (Å²) in [5.41, 5.74) is 3.59. The summed E-state index contributed by atoms with van der Waals surface area (Å²) in [7, 11) is 3.36. The fourth-order valence-electron chi connectivity index (χ4n) is 3.77. The lowest BCUT2D eigenvalue weighted by molar-refractivity contribution is 0.353. The minimum atomic E-state index is 0.555. The zero-order valence-corrected chi connectivity index (χ0v) is 15.2. The van der Waals surface area contributed by atoms with Gasteiger partial charge in [0, 0.05) is 30.4 Å². The molecule has 1 fully saturated rings. The molecule has 1 aliphatic heterocycles. The molecule has 3 aromatic rings. The highest BCUT2D eigenvalue weighted by molar-refractivity contribution is 5.81. The SMILES string of the molecule is COc1ccc(C2CCN(c3ccc4ncc[c]c4c3)CC2)cc1OC. The predicted molar refractivity (Wildman–Crippen MR) is 104 cm³/mol. The van der Waals surface area contributed by atoms with Crippen molar-refractivity contribution in [1.82, 2.24) is 4.98 Å². The highest BCUT2D eigenvalue weighted by Crippen LogP contribution is 2.36. The molecule has 4 nitrogen and oxygen atoms in total. The van der Waals surface area contributed by atoms with Crippen LogP contribution in [0.5, 0.6) is 11.5 Å². The molecular formula is C22H23N2O2. The van der Waals surface area contributed by atoms with Gasteiger partial charge in [0.1, 0.15) is 0 Å². The van der Waals surface area contributed by atoms with Gasteiger partial charge in [-0.25, -0.2) is 0 Å². The van der Waals surface area contributed by atoms with E-state index in [1.807, 2.05) is 12.1 Å². The van der Waals surface area contributed by atoms with Gasteiger partial charge in [-0.3, -0.25) is 4.98 Å². The number of hydrogen-bond donors (Lipinski definition) is 0. The van der Waals surface area contributed by atoms with E-state index < -0.39 is 0 Å². The second kappa shape index (κ2) is 7.24. The van der Waals surface area contributed by atoms with Crippen LogP contribution in [-0.4, -0.2) is 32.3 Å². The van der Waals surface area contributed by atoms with Crippen LogP contribution in [0.1, 0.15) is 24.3 Å². The number of anilines is 1. The van der Waals surface area contributed by atoms with Gasteiger partial charge in [0.05, 0.1) is 19.7 Å². The molecule has 0 amide bonds. The first kappa shape index (κ1) is 16.7. The first-order valence-electron chi connectivity index (χ1n) is 9.02. The largest absolute Gasteiger partial charge is 0.493 e.